The van der Waals surface area contributed by atoms with Crippen LogP contribution in [0.5, 0.6) is 0 Å². The van der Waals surface area contributed by atoms with Crippen molar-refractivity contribution in [3.05, 3.63) is 69.8 Å². The lowest BCUT2D eigenvalue weighted by molar-refractivity contribution is -0.151. The third kappa shape index (κ3) is 3.11. The topological polar surface area (TPSA) is 67.4 Å². The first kappa shape index (κ1) is 18.7. The number of ketones is 1. The molecule has 5 nitrogen and oxygen atoms in total. The van der Waals surface area contributed by atoms with Crippen LogP contribution in [0.1, 0.15) is 24.9 Å². The van der Waals surface area contributed by atoms with Crippen LogP contribution in [0.2, 0.25) is 0 Å². The van der Waals surface area contributed by atoms with Crippen LogP contribution in [0.15, 0.2) is 64.3 Å². The maximum Gasteiger partial charge on any atom is 0.316 e. The van der Waals surface area contributed by atoms with E-state index in [0.29, 0.717) is 12.0 Å². The van der Waals surface area contributed by atoms with E-state index in [1.54, 1.807) is 0 Å². The van der Waals surface area contributed by atoms with Crippen molar-refractivity contribution in [1.29, 1.82) is 0 Å². The van der Waals surface area contributed by atoms with E-state index in [4.69, 9.17) is 4.74 Å². The third-order valence-electron chi connectivity index (χ3n) is 5.44. The number of nitrogens with one attached hydrogen (secondary N) is 2. The molecule has 0 radical (unpaired) electrons. The van der Waals surface area contributed by atoms with Gasteiger partial charge in [-0.15, -0.1) is 0 Å². The average Bonchev–Trinajstić information content (AvgIpc) is 2.84. The molecule has 1 aliphatic carbocycles. The molecule has 1 aliphatic heterocycles. The van der Waals surface area contributed by atoms with Gasteiger partial charge in [-0.25, -0.2) is 0 Å². The van der Waals surface area contributed by atoms with Crippen molar-refractivity contribution in [2.24, 2.45) is 11.8 Å². The highest BCUT2D eigenvalue weighted by molar-refractivity contribution is 9.10. The van der Waals surface area contributed by atoms with Crippen LogP contribution in [0.3, 0.4) is 0 Å². The van der Waals surface area contributed by atoms with Crippen LogP contribution in [0.25, 0.3) is 0 Å². The lowest BCUT2D eigenvalue weighted by Gasteiger charge is -2.32. The average molecular weight is 441 g/mol. The summed E-state index contributed by atoms with van der Waals surface area (Å²) in [7, 11) is 1.33. The first-order chi connectivity index (χ1) is 13.5. The number of ether oxygens (including phenoxy) is 1. The van der Waals surface area contributed by atoms with E-state index in [1.807, 2.05) is 55.5 Å². The number of halogens is 1. The molecule has 2 aliphatic rings. The number of benzene rings is 2. The predicted molar refractivity (Wildman–Crippen MR) is 112 cm³/mol. The summed E-state index contributed by atoms with van der Waals surface area (Å²) < 4.78 is 5.84. The fourth-order valence-corrected chi connectivity index (χ4v) is 4.59. The molecule has 2 N–H and O–H groups in total. The normalized spacial score (nSPS) is 23.7. The Morgan fingerprint density at radius 3 is 2.50 bits per heavy atom. The Balaban J connectivity index is 1.90. The Bertz CT molecular complexity index is 985. The molecule has 1 heterocycles. The van der Waals surface area contributed by atoms with Crippen molar-refractivity contribution in [2.45, 2.75) is 19.4 Å². The summed E-state index contributed by atoms with van der Waals surface area (Å²) >= 11 is 3.62. The summed E-state index contributed by atoms with van der Waals surface area (Å²) in [4.78, 5) is 25.9. The number of fused-ring (bicyclic) bond motifs is 1. The largest absolute Gasteiger partial charge is 0.468 e. The van der Waals surface area contributed by atoms with E-state index in [9.17, 15) is 9.59 Å². The fraction of sp³-hybridized carbons (Fsp3) is 0.273. The zero-order valence-electron chi connectivity index (χ0n) is 15.7. The van der Waals surface area contributed by atoms with Crippen molar-refractivity contribution < 1.29 is 14.3 Å². The molecule has 2 aromatic carbocycles. The Morgan fingerprint density at radius 2 is 1.79 bits per heavy atom. The second-order valence-electron chi connectivity index (χ2n) is 7.21. The minimum atomic E-state index is -0.793. The Kier molecular flexibility index (Phi) is 4.98. The van der Waals surface area contributed by atoms with Gasteiger partial charge in [0.1, 0.15) is 5.92 Å². The summed E-state index contributed by atoms with van der Waals surface area (Å²) in [6.45, 7) is 1.92. The molecule has 28 heavy (non-hydrogen) atoms. The van der Waals surface area contributed by atoms with E-state index in [1.165, 1.54) is 7.11 Å². The van der Waals surface area contributed by atoms with Gasteiger partial charge in [0.05, 0.1) is 24.5 Å². The first-order valence-electron chi connectivity index (χ1n) is 9.23. The second kappa shape index (κ2) is 7.43. The Hall–Kier alpha value is -2.60. The highest BCUT2D eigenvalue weighted by Crippen LogP contribution is 2.44. The van der Waals surface area contributed by atoms with Crippen molar-refractivity contribution in [2.75, 3.05) is 17.7 Å². The van der Waals surface area contributed by atoms with Gasteiger partial charge in [0.15, 0.2) is 5.78 Å². The molecule has 3 unspecified atom stereocenters. The number of methoxy groups -OCH3 is 1. The molecule has 0 aromatic heterocycles. The van der Waals surface area contributed by atoms with E-state index in [0.717, 1.165) is 27.1 Å². The number of hydrogen-bond donors (Lipinski definition) is 2. The molecule has 2 aromatic rings. The molecule has 0 saturated carbocycles. The number of carbonyl (C=O) groups excluding carboxylic acids is 2. The number of rotatable bonds is 2. The molecule has 0 spiro atoms. The highest BCUT2D eigenvalue weighted by Gasteiger charge is 2.44. The SMILES string of the molecule is COC(=O)C1C(=O)C2=C(CC1C)Nc1ccccc1NC2c1ccccc1Br. The summed E-state index contributed by atoms with van der Waals surface area (Å²) in [5, 5.41) is 6.96. The predicted octanol–water partition coefficient (Wildman–Crippen LogP) is 4.68. The molecule has 6 heteroatoms. The number of carbonyl (C=O) groups is 2. The summed E-state index contributed by atoms with van der Waals surface area (Å²) in [6.07, 6.45) is 0.595. The third-order valence-corrected chi connectivity index (χ3v) is 6.16. The van der Waals surface area contributed by atoms with E-state index >= 15 is 0 Å². The quantitative estimate of drug-likeness (QED) is 0.524. The van der Waals surface area contributed by atoms with Crippen LogP contribution in [0.4, 0.5) is 11.4 Å². The van der Waals surface area contributed by atoms with Crippen molar-refractivity contribution in [3.63, 3.8) is 0 Å². The van der Waals surface area contributed by atoms with Gasteiger partial charge in [0.25, 0.3) is 0 Å². The zero-order valence-corrected chi connectivity index (χ0v) is 17.2. The van der Waals surface area contributed by atoms with Gasteiger partial charge in [-0.3, -0.25) is 9.59 Å². The van der Waals surface area contributed by atoms with Crippen LogP contribution in [-0.4, -0.2) is 18.9 Å². The molecule has 0 saturated heterocycles. The van der Waals surface area contributed by atoms with Crippen LogP contribution >= 0.6 is 15.9 Å². The number of anilines is 2. The van der Waals surface area contributed by atoms with Gasteiger partial charge >= 0.3 is 5.97 Å². The zero-order chi connectivity index (χ0) is 19.8. The molecule has 0 amide bonds. The van der Waals surface area contributed by atoms with E-state index < -0.39 is 11.9 Å². The highest BCUT2D eigenvalue weighted by atomic mass is 79.9. The number of Topliss-reactive ketones (excluding diaryl/α,β-unsaturated/α-hetero) is 1. The molecular formula is C22H21BrN2O3. The fourth-order valence-electron chi connectivity index (χ4n) is 4.08. The Morgan fingerprint density at radius 1 is 1.11 bits per heavy atom. The van der Waals surface area contributed by atoms with Crippen molar-refractivity contribution >= 4 is 39.1 Å². The summed E-state index contributed by atoms with van der Waals surface area (Å²) in [6, 6.07) is 15.3. The standard InChI is InChI=1S/C22H21BrN2O3/c1-12-11-17-19(21(26)18(12)22(27)28-2)20(13-7-3-4-8-14(13)23)25-16-10-6-5-9-15(16)24-17/h3-10,12,18,20,24-25H,11H2,1-2H3. The van der Waals surface area contributed by atoms with Crippen LogP contribution in [-0.2, 0) is 14.3 Å². The molecular weight excluding hydrogens is 420 g/mol. The van der Waals surface area contributed by atoms with Crippen LogP contribution < -0.4 is 10.6 Å². The number of para-hydroxylation sites is 2. The molecule has 3 atom stereocenters. The molecule has 0 bridgehead atoms. The van der Waals surface area contributed by atoms with Crippen molar-refractivity contribution in [3.8, 4) is 0 Å². The maximum atomic E-state index is 13.5. The van der Waals surface area contributed by atoms with Gasteiger partial charge in [-0.05, 0) is 36.1 Å². The second-order valence-corrected chi connectivity index (χ2v) is 8.06. The van der Waals surface area contributed by atoms with E-state index in [2.05, 4.69) is 26.6 Å². The van der Waals surface area contributed by atoms with Gasteiger partial charge < -0.3 is 15.4 Å². The van der Waals surface area contributed by atoms with Gasteiger partial charge in [-0.1, -0.05) is 53.2 Å². The number of hydrogen-bond acceptors (Lipinski definition) is 5. The smallest absolute Gasteiger partial charge is 0.316 e. The minimum Gasteiger partial charge on any atom is -0.468 e. The Labute approximate surface area is 172 Å². The van der Waals surface area contributed by atoms with E-state index in [-0.39, 0.29) is 17.7 Å². The number of allylic oxidation sites excluding steroid dienone is 1. The van der Waals surface area contributed by atoms with Crippen molar-refractivity contribution in [1.82, 2.24) is 0 Å². The minimum absolute atomic E-state index is 0.142. The monoisotopic (exact) mass is 440 g/mol. The molecule has 0 fully saturated rings. The first-order valence-corrected chi connectivity index (χ1v) is 10.0. The molecule has 4 rings (SSSR count). The van der Waals surface area contributed by atoms with Gasteiger partial charge in [-0.2, -0.15) is 0 Å². The lowest BCUT2D eigenvalue weighted by Crippen LogP contribution is -2.39. The number of esters is 1. The lowest BCUT2D eigenvalue weighted by atomic mass is 9.75. The van der Waals surface area contributed by atoms with Crippen LogP contribution in [0, 0.1) is 11.8 Å². The molecule has 144 valence electrons. The summed E-state index contributed by atoms with van der Waals surface area (Å²) in [5.41, 5.74) is 4.22. The summed E-state index contributed by atoms with van der Waals surface area (Å²) in [5.74, 6) is -1.60. The van der Waals surface area contributed by atoms with Gasteiger partial charge in [0, 0.05) is 15.7 Å². The maximum absolute atomic E-state index is 13.5. The van der Waals surface area contributed by atoms with Gasteiger partial charge in [0.2, 0.25) is 0 Å².